The number of amides is 2. The molecule has 3 aromatic rings. The molecule has 2 N–H and O–H groups in total. The van der Waals surface area contributed by atoms with E-state index in [2.05, 4.69) is 65.2 Å². The van der Waals surface area contributed by atoms with Crippen molar-refractivity contribution in [1.29, 1.82) is 0 Å². The molecule has 0 bridgehead atoms. The molecule has 38 heavy (non-hydrogen) atoms. The van der Waals surface area contributed by atoms with Gasteiger partial charge in [0.1, 0.15) is 11.7 Å². The summed E-state index contributed by atoms with van der Waals surface area (Å²) in [6.45, 7) is 12.0. The quantitative estimate of drug-likeness (QED) is 0.439. The number of aromatic nitrogens is 3. The zero-order valence-corrected chi connectivity index (χ0v) is 23.0. The number of hydrogen-bond donors (Lipinski definition) is 2. The molecular formula is C30H40N6O2. The number of nitrogens with one attached hydrogen (secondary N) is 2. The molecule has 1 saturated heterocycles. The van der Waals surface area contributed by atoms with E-state index in [1.54, 1.807) is 6.20 Å². The van der Waals surface area contributed by atoms with E-state index in [0.29, 0.717) is 29.7 Å². The van der Waals surface area contributed by atoms with Crippen LogP contribution in [0, 0.1) is 17.3 Å². The number of carbonyl (C=O) groups is 2. The first-order valence-corrected chi connectivity index (χ1v) is 13.9. The molecular weight excluding hydrogens is 476 g/mol. The molecule has 2 amide bonds. The van der Waals surface area contributed by atoms with Crippen molar-refractivity contribution in [3.63, 3.8) is 0 Å². The SMILES string of the molecule is CC(C)CN(CC(C)C)C(C(=O)NC1CC2(CCN(C(=O)c3[nH]nc4ncccc34)C2)C1)c1ccccc1. The molecule has 1 aliphatic carbocycles. The second-order valence-corrected chi connectivity index (χ2v) is 12.1. The summed E-state index contributed by atoms with van der Waals surface area (Å²) in [5.74, 6) is 0.987. The van der Waals surface area contributed by atoms with Crippen LogP contribution in [-0.2, 0) is 4.79 Å². The van der Waals surface area contributed by atoms with E-state index in [1.807, 2.05) is 35.2 Å². The summed E-state index contributed by atoms with van der Waals surface area (Å²) in [6, 6.07) is 13.7. The lowest BCUT2D eigenvalue weighted by Gasteiger charge is -2.46. The molecule has 8 heteroatoms. The lowest BCUT2D eigenvalue weighted by atomic mass is 9.65. The van der Waals surface area contributed by atoms with Gasteiger partial charge in [-0.25, -0.2) is 4.98 Å². The number of pyridine rings is 1. The highest BCUT2D eigenvalue weighted by Crippen LogP contribution is 2.48. The van der Waals surface area contributed by atoms with Crippen molar-refractivity contribution >= 4 is 22.8 Å². The lowest BCUT2D eigenvalue weighted by Crippen LogP contribution is -2.54. The summed E-state index contributed by atoms with van der Waals surface area (Å²) in [4.78, 5) is 35.5. The summed E-state index contributed by atoms with van der Waals surface area (Å²) >= 11 is 0. The van der Waals surface area contributed by atoms with Crippen molar-refractivity contribution in [2.45, 2.75) is 59.0 Å². The van der Waals surface area contributed by atoms with Gasteiger partial charge in [-0.1, -0.05) is 58.0 Å². The molecule has 5 rings (SSSR count). The lowest BCUT2D eigenvalue weighted by molar-refractivity contribution is -0.129. The largest absolute Gasteiger partial charge is 0.352 e. The Bertz CT molecular complexity index is 1250. The van der Waals surface area contributed by atoms with Crippen LogP contribution in [0.2, 0.25) is 0 Å². The molecule has 1 saturated carbocycles. The molecule has 8 nitrogen and oxygen atoms in total. The van der Waals surface area contributed by atoms with Gasteiger partial charge in [0, 0.05) is 38.4 Å². The van der Waals surface area contributed by atoms with Crippen LogP contribution in [0.15, 0.2) is 48.7 Å². The molecule has 1 aliphatic heterocycles. The maximum atomic E-state index is 13.8. The smallest absolute Gasteiger partial charge is 0.272 e. The predicted molar refractivity (Wildman–Crippen MR) is 148 cm³/mol. The van der Waals surface area contributed by atoms with Gasteiger partial charge in [0.25, 0.3) is 5.91 Å². The van der Waals surface area contributed by atoms with Crippen LogP contribution in [0.4, 0.5) is 0 Å². The molecule has 2 aromatic heterocycles. The summed E-state index contributed by atoms with van der Waals surface area (Å²) < 4.78 is 0. The monoisotopic (exact) mass is 516 g/mol. The standard InChI is InChI=1S/C30H40N6O2/c1-20(2)17-36(18-21(3)4)26(22-9-6-5-7-10-22)28(37)32-23-15-30(16-23)12-14-35(19-30)29(38)25-24-11-8-13-31-27(24)34-33-25/h5-11,13,20-21,23,26H,12,14-19H2,1-4H3,(H,32,37)(H,31,33,34). The van der Waals surface area contributed by atoms with Crippen LogP contribution in [0.5, 0.6) is 0 Å². The fourth-order valence-electron chi connectivity index (χ4n) is 6.37. The van der Waals surface area contributed by atoms with E-state index in [4.69, 9.17) is 0 Å². The average Bonchev–Trinajstić information content (AvgIpc) is 3.49. The Morgan fingerprint density at radius 1 is 1.08 bits per heavy atom. The Labute approximate surface area is 225 Å². The molecule has 0 radical (unpaired) electrons. The number of likely N-dealkylation sites (tertiary alicyclic amines) is 1. The first kappa shape index (κ1) is 26.4. The van der Waals surface area contributed by atoms with Gasteiger partial charge in [-0.15, -0.1) is 0 Å². The Balaban J connectivity index is 1.23. The van der Waals surface area contributed by atoms with Crippen LogP contribution in [0.1, 0.15) is 69.1 Å². The summed E-state index contributed by atoms with van der Waals surface area (Å²) in [5, 5.41) is 11.2. The van der Waals surface area contributed by atoms with Crippen molar-refractivity contribution in [3.8, 4) is 0 Å². The van der Waals surface area contributed by atoms with Gasteiger partial charge >= 0.3 is 0 Å². The minimum atomic E-state index is -0.304. The minimum absolute atomic E-state index is 0.0213. The van der Waals surface area contributed by atoms with E-state index in [1.165, 1.54) is 0 Å². The second kappa shape index (κ2) is 10.8. The maximum absolute atomic E-state index is 13.8. The number of rotatable bonds is 9. The van der Waals surface area contributed by atoms with E-state index < -0.39 is 0 Å². The Hall–Kier alpha value is -3.26. The first-order valence-electron chi connectivity index (χ1n) is 13.9. The second-order valence-electron chi connectivity index (χ2n) is 12.1. The molecule has 2 fully saturated rings. The zero-order valence-electron chi connectivity index (χ0n) is 23.0. The van der Waals surface area contributed by atoms with Gasteiger partial charge in [-0.3, -0.25) is 19.6 Å². The molecule has 1 unspecified atom stereocenters. The average molecular weight is 517 g/mol. The third kappa shape index (κ3) is 5.46. The topological polar surface area (TPSA) is 94.2 Å². The predicted octanol–water partition coefficient (Wildman–Crippen LogP) is 4.42. The van der Waals surface area contributed by atoms with Crippen LogP contribution in [0.25, 0.3) is 11.0 Å². The van der Waals surface area contributed by atoms with Gasteiger partial charge in [-0.05, 0) is 54.2 Å². The van der Waals surface area contributed by atoms with Crippen LogP contribution in [-0.4, -0.2) is 69.0 Å². The van der Waals surface area contributed by atoms with E-state index >= 15 is 0 Å². The number of carbonyl (C=O) groups excluding carboxylic acids is 2. The molecule has 1 aromatic carbocycles. The van der Waals surface area contributed by atoms with Crippen molar-refractivity contribution in [2.75, 3.05) is 26.2 Å². The molecule has 1 spiro atoms. The highest BCUT2D eigenvalue weighted by atomic mass is 16.2. The minimum Gasteiger partial charge on any atom is -0.352 e. The van der Waals surface area contributed by atoms with Gasteiger partial charge in [0.05, 0.1) is 5.39 Å². The van der Waals surface area contributed by atoms with Gasteiger partial charge in [0.2, 0.25) is 5.91 Å². The van der Waals surface area contributed by atoms with Crippen molar-refractivity contribution in [2.24, 2.45) is 17.3 Å². The van der Waals surface area contributed by atoms with Crippen molar-refractivity contribution in [3.05, 3.63) is 59.9 Å². The summed E-state index contributed by atoms with van der Waals surface area (Å²) in [6.07, 6.45) is 4.45. The number of benzene rings is 1. The molecule has 2 aliphatic rings. The van der Waals surface area contributed by atoms with Gasteiger partial charge in [0.15, 0.2) is 5.65 Å². The third-order valence-corrected chi connectivity index (χ3v) is 7.90. The van der Waals surface area contributed by atoms with Crippen LogP contribution < -0.4 is 5.32 Å². The number of nitrogens with zero attached hydrogens (tertiary/aromatic N) is 4. The van der Waals surface area contributed by atoms with E-state index in [-0.39, 0.29) is 29.3 Å². The number of fused-ring (bicyclic) bond motifs is 1. The maximum Gasteiger partial charge on any atom is 0.272 e. The van der Waals surface area contributed by atoms with Crippen molar-refractivity contribution in [1.82, 2.24) is 30.3 Å². The Kier molecular flexibility index (Phi) is 7.52. The van der Waals surface area contributed by atoms with Gasteiger partial charge < -0.3 is 10.2 Å². The zero-order chi connectivity index (χ0) is 26.9. The molecule has 202 valence electrons. The van der Waals surface area contributed by atoms with Gasteiger partial charge in [-0.2, -0.15) is 5.10 Å². The fourth-order valence-corrected chi connectivity index (χ4v) is 6.37. The van der Waals surface area contributed by atoms with E-state index in [0.717, 1.165) is 49.8 Å². The summed E-state index contributed by atoms with van der Waals surface area (Å²) in [5.41, 5.74) is 2.20. The van der Waals surface area contributed by atoms with E-state index in [9.17, 15) is 9.59 Å². The number of aromatic amines is 1. The highest BCUT2D eigenvalue weighted by molar-refractivity contribution is 6.03. The van der Waals surface area contributed by atoms with Crippen molar-refractivity contribution < 1.29 is 9.59 Å². The Morgan fingerprint density at radius 2 is 1.79 bits per heavy atom. The van der Waals surface area contributed by atoms with Crippen LogP contribution in [0.3, 0.4) is 0 Å². The molecule has 1 atom stereocenters. The first-order chi connectivity index (χ1) is 18.2. The normalized spacial score (nSPS) is 22.0. The highest BCUT2D eigenvalue weighted by Gasteiger charge is 2.50. The van der Waals surface area contributed by atoms with Crippen LogP contribution >= 0.6 is 0 Å². The third-order valence-electron chi connectivity index (χ3n) is 7.90. The fraction of sp³-hybridized carbons (Fsp3) is 0.533. The Morgan fingerprint density at radius 3 is 2.47 bits per heavy atom. The molecule has 3 heterocycles. The summed E-state index contributed by atoms with van der Waals surface area (Å²) in [7, 11) is 0. The number of H-pyrrole nitrogens is 1. The number of hydrogen-bond acceptors (Lipinski definition) is 5.